The molecule has 4 heterocycles. The van der Waals surface area contributed by atoms with Gasteiger partial charge in [0.25, 0.3) is 11.8 Å². The van der Waals surface area contributed by atoms with Crippen molar-refractivity contribution in [2.75, 3.05) is 0 Å². The molecule has 6 rings (SSSR count). The topological polar surface area (TPSA) is 113 Å². The van der Waals surface area contributed by atoms with Crippen molar-refractivity contribution in [1.29, 1.82) is 0 Å². The number of aromatic nitrogens is 7. The number of nitrogens with one attached hydrogen (secondary N) is 1. The van der Waals surface area contributed by atoms with Crippen molar-refractivity contribution < 1.29 is 9.59 Å². The van der Waals surface area contributed by atoms with Crippen LogP contribution < -0.4 is 5.32 Å². The molecule has 3 aromatic heterocycles. The predicted octanol–water partition coefficient (Wildman–Crippen LogP) is 3.13. The molecule has 180 valence electrons. The number of tetrazole rings is 1. The van der Waals surface area contributed by atoms with E-state index in [9.17, 15) is 9.59 Å². The Hall–Kier alpha value is -4.31. The fraction of sp³-hybridized carbons (Fsp3) is 0.200. The van der Waals surface area contributed by atoms with Crippen molar-refractivity contribution in [3.63, 3.8) is 0 Å². The molecule has 2 amide bonds. The Bertz CT molecular complexity index is 1720. The first kappa shape index (κ1) is 22.2. The van der Waals surface area contributed by atoms with Gasteiger partial charge in [-0.2, -0.15) is 9.90 Å². The molecular formula is C25H21ClN8O2. The number of hydrogen-bond donors (Lipinski definition) is 1. The summed E-state index contributed by atoms with van der Waals surface area (Å²) in [5.74, 6) is -0.298. The second-order valence-electron chi connectivity index (χ2n) is 8.72. The third kappa shape index (κ3) is 3.57. The number of carbonyl (C=O) groups excluding carboxylic acids is 2. The summed E-state index contributed by atoms with van der Waals surface area (Å²) >= 11 is 6.28. The number of hydrogen-bond acceptors (Lipinski definition) is 6. The normalized spacial score (nSPS) is 14.0. The van der Waals surface area contributed by atoms with Crippen LogP contribution in [0.2, 0.25) is 5.02 Å². The Morgan fingerprint density at radius 2 is 1.75 bits per heavy atom. The zero-order valence-corrected chi connectivity index (χ0v) is 20.3. The average Bonchev–Trinajstić information content (AvgIpc) is 3.58. The average molecular weight is 501 g/mol. The van der Waals surface area contributed by atoms with Gasteiger partial charge in [-0.25, -0.2) is 0 Å². The molecule has 10 nitrogen and oxygen atoms in total. The Morgan fingerprint density at radius 1 is 0.944 bits per heavy atom. The van der Waals surface area contributed by atoms with E-state index in [1.807, 2.05) is 58.9 Å². The fourth-order valence-corrected chi connectivity index (χ4v) is 4.94. The lowest BCUT2D eigenvalue weighted by atomic mass is 9.97. The minimum atomic E-state index is -0.466. The Morgan fingerprint density at radius 3 is 2.56 bits per heavy atom. The molecule has 0 saturated carbocycles. The highest BCUT2D eigenvalue weighted by Gasteiger charge is 2.36. The van der Waals surface area contributed by atoms with Crippen molar-refractivity contribution in [3.05, 3.63) is 70.8 Å². The maximum atomic E-state index is 13.1. The van der Waals surface area contributed by atoms with Gasteiger partial charge >= 0.3 is 0 Å². The number of aryl methyl sites for hydroxylation is 4. The Kier molecular flexibility index (Phi) is 5.18. The summed E-state index contributed by atoms with van der Waals surface area (Å²) in [6.07, 6.45) is 2.56. The van der Waals surface area contributed by atoms with Crippen molar-refractivity contribution >= 4 is 56.4 Å². The van der Waals surface area contributed by atoms with E-state index in [1.54, 1.807) is 17.8 Å². The summed E-state index contributed by atoms with van der Waals surface area (Å²) in [5.41, 5.74) is 3.44. The first-order valence-corrected chi connectivity index (χ1v) is 11.8. The molecule has 11 heteroatoms. The molecule has 0 aliphatic carbocycles. The smallest absolute Gasteiger partial charge is 0.261 e. The van der Waals surface area contributed by atoms with Crippen molar-refractivity contribution in [1.82, 2.24) is 39.9 Å². The van der Waals surface area contributed by atoms with Gasteiger partial charge in [-0.15, -0.1) is 10.2 Å². The summed E-state index contributed by atoms with van der Waals surface area (Å²) in [6.45, 7) is 2.94. The molecule has 0 bridgehead atoms. The first-order valence-electron chi connectivity index (χ1n) is 11.5. The molecule has 0 saturated heterocycles. The molecule has 1 aliphatic heterocycles. The quantitative estimate of drug-likeness (QED) is 0.358. The number of fused-ring (bicyclic) bond motifs is 2. The van der Waals surface area contributed by atoms with Crippen LogP contribution in [0, 0.1) is 6.92 Å². The zero-order valence-electron chi connectivity index (χ0n) is 19.6. The summed E-state index contributed by atoms with van der Waals surface area (Å²) in [7, 11) is 1.89. The highest BCUT2D eigenvalue weighted by molar-refractivity contribution is 6.50. The lowest BCUT2D eigenvalue weighted by molar-refractivity contribution is -0.122. The van der Waals surface area contributed by atoms with Crippen LogP contribution in [0.25, 0.3) is 33.0 Å². The van der Waals surface area contributed by atoms with Crippen LogP contribution in [0.5, 0.6) is 0 Å². The monoisotopic (exact) mass is 500 g/mol. The minimum absolute atomic E-state index is 0.260. The lowest BCUT2D eigenvalue weighted by Gasteiger charge is -2.03. The van der Waals surface area contributed by atoms with E-state index in [0.717, 1.165) is 21.8 Å². The van der Waals surface area contributed by atoms with E-state index < -0.39 is 11.8 Å². The summed E-state index contributed by atoms with van der Waals surface area (Å²) < 4.78 is 3.77. The van der Waals surface area contributed by atoms with E-state index >= 15 is 0 Å². The Balaban J connectivity index is 1.48. The van der Waals surface area contributed by atoms with Gasteiger partial charge in [0.15, 0.2) is 5.82 Å². The highest BCUT2D eigenvalue weighted by atomic mass is 35.5. The van der Waals surface area contributed by atoms with E-state index in [4.69, 9.17) is 16.7 Å². The molecule has 0 fully saturated rings. The number of benzene rings is 2. The zero-order chi connectivity index (χ0) is 25.0. The third-order valence-electron chi connectivity index (χ3n) is 6.33. The predicted molar refractivity (Wildman–Crippen MR) is 135 cm³/mol. The number of halogens is 1. The maximum absolute atomic E-state index is 13.1. The third-order valence-corrected chi connectivity index (χ3v) is 6.56. The largest absolute Gasteiger partial charge is 0.350 e. The van der Waals surface area contributed by atoms with E-state index in [1.165, 1.54) is 0 Å². The Labute approximate surface area is 210 Å². The van der Waals surface area contributed by atoms with Gasteiger partial charge in [0, 0.05) is 46.7 Å². The van der Waals surface area contributed by atoms with Gasteiger partial charge in [0.2, 0.25) is 0 Å². The highest BCUT2D eigenvalue weighted by Crippen LogP contribution is 2.38. The molecule has 2 aromatic carbocycles. The molecule has 1 aliphatic rings. The van der Waals surface area contributed by atoms with Crippen LogP contribution in [0.1, 0.15) is 23.5 Å². The number of rotatable bonds is 6. The number of carbonyl (C=O) groups is 2. The van der Waals surface area contributed by atoms with Gasteiger partial charge < -0.3 is 4.57 Å². The minimum Gasteiger partial charge on any atom is -0.350 e. The molecule has 1 N–H and O–H groups in total. The summed E-state index contributed by atoms with van der Waals surface area (Å²) in [6, 6.07) is 13.2. The standard InChI is InChI=1S/C25H21ClN8O2/c1-14-28-31-34(29-14)11-5-10-33-20-7-4-3-6-16(20)23(30-33)22-21(24(35)27-25(22)36)18-13-32(2)19-9-8-15(26)12-17(18)19/h3-4,6-9,12-13H,5,10-11H2,1-2H3,(H,27,35,36). The van der Waals surface area contributed by atoms with Gasteiger partial charge in [-0.05, 0) is 42.8 Å². The van der Waals surface area contributed by atoms with Crippen molar-refractivity contribution in [2.45, 2.75) is 26.4 Å². The van der Waals surface area contributed by atoms with Crippen LogP contribution in [0.3, 0.4) is 0 Å². The molecule has 0 spiro atoms. The number of amides is 2. The van der Waals surface area contributed by atoms with Gasteiger partial charge in [0.1, 0.15) is 5.69 Å². The number of para-hydroxylation sites is 1. The van der Waals surface area contributed by atoms with E-state index in [-0.39, 0.29) is 5.57 Å². The molecule has 5 aromatic rings. The molecule has 0 atom stereocenters. The van der Waals surface area contributed by atoms with Gasteiger partial charge in [-0.3, -0.25) is 19.6 Å². The maximum Gasteiger partial charge on any atom is 0.261 e. The van der Waals surface area contributed by atoms with E-state index in [2.05, 4.69) is 20.7 Å². The fourth-order valence-electron chi connectivity index (χ4n) is 4.76. The molecule has 36 heavy (non-hydrogen) atoms. The molecule has 0 radical (unpaired) electrons. The van der Waals surface area contributed by atoms with Crippen LogP contribution in [0.15, 0.2) is 48.7 Å². The summed E-state index contributed by atoms with van der Waals surface area (Å²) in [4.78, 5) is 27.8. The SMILES string of the molecule is Cc1nnn(CCCn2nc(C3=C(c4cn(C)c5ccc(Cl)cc45)C(=O)NC3=O)c3ccccc32)n1. The number of imide groups is 1. The van der Waals surface area contributed by atoms with Crippen LogP contribution in [0.4, 0.5) is 0 Å². The van der Waals surface area contributed by atoms with Crippen LogP contribution in [-0.4, -0.2) is 46.4 Å². The number of nitrogens with zero attached hydrogens (tertiary/aromatic N) is 7. The second kappa shape index (κ2) is 8.42. The van der Waals surface area contributed by atoms with Crippen LogP contribution >= 0.6 is 11.6 Å². The van der Waals surface area contributed by atoms with Gasteiger partial charge in [0.05, 0.1) is 23.2 Å². The lowest BCUT2D eigenvalue weighted by Crippen LogP contribution is -2.22. The summed E-state index contributed by atoms with van der Waals surface area (Å²) in [5, 5.41) is 21.6. The van der Waals surface area contributed by atoms with Crippen molar-refractivity contribution in [2.24, 2.45) is 7.05 Å². The van der Waals surface area contributed by atoms with Crippen LogP contribution in [-0.2, 0) is 29.7 Å². The van der Waals surface area contributed by atoms with Gasteiger partial charge in [-0.1, -0.05) is 29.8 Å². The second-order valence-corrected chi connectivity index (χ2v) is 9.16. The van der Waals surface area contributed by atoms with Crippen molar-refractivity contribution in [3.8, 4) is 0 Å². The molecule has 0 unspecified atom stereocenters. The van der Waals surface area contributed by atoms with E-state index in [0.29, 0.717) is 47.2 Å². The molecular weight excluding hydrogens is 480 g/mol. The first-order chi connectivity index (χ1) is 17.4.